The fourth-order valence-corrected chi connectivity index (χ4v) is 3.86. The maximum Gasteiger partial charge on any atom is 0.254 e. The first-order chi connectivity index (χ1) is 12.6. The highest BCUT2D eigenvalue weighted by Crippen LogP contribution is 2.29. The van der Waals surface area contributed by atoms with Crippen LogP contribution < -0.4 is 0 Å². The lowest BCUT2D eigenvalue weighted by Gasteiger charge is -2.23. The molecule has 1 unspecified atom stereocenters. The number of hydrogen-bond acceptors (Lipinski definition) is 4. The molecule has 6 heteroatoms. The van der Waals surface area contributed by atoms with Gasteiger partial charge in [-0.05, 0) is 49.4 Å². The number of thiazole rings is 1. The van der Waals surface area contributed by atoms with E-state index < -0.39 is 0 Å². The molecule has 0 saturated carbocycles. The number of hydrogen-bond donors (Lipinski definition) is 0. The van der Waals surface area contributed by atoms with Crippen molar-refractivity contribution in [1.29, 1.82) is 0 Å². The van der Waals surface area contributed by atoms with Crippen molar-refractivity contribution in [3.05, 3.63) is 77.6 Å². The summed E-state index contributed by atoms with van der Waals surface area (Å²) in [6.45, 7) is 2.01. The molecule has 0 aliphatic rings. The van der Waals surface area contributed by atoms with Crippen molar-refractivity contribution < 1.29 is 4.79 Å². The molecule has 0 aliphatic carbocycles. The summed E-state index contributed by atoms with van der Waals surface area (Å²) in [6, 6.07) is 17.3. The fraction of sp³-hybridized carbons (Fsp3) is 0.150. The second-order valence-electron chi connectivity index (χ2n) is 6.11. The number of aromatic nitrogens is 3. The normalized spacial score (nSPS) is 12.2. The molecular weight excluding hydrogens is 344 g/mol. The van der Waals surface area contributed by atoms with E-state index in [1.165, 1.54) is 0 Å². The third-order valence-corrected chi connectivity index (χ3v) is 5.66. The third kappa shape index (κ3) is 2.99. The van der Waals surface area contributed by atoms with Gasteiger partial charge in [0.15, 0.2) is 0 Å². The average molecular weight is 362 g/mol. The zero-order valence-corrected chi connectivity index (χ0v) is 15.4. The van der Waals surface area contributed by atoms with Gasteiger partial charge in [0.1, 0.15) is 5.01 Å². The van der Waals surface area contributed by atoms with E-state index in [1.54, 1.807) is 27.1 Å². The van der Waals surface area contributed by atoms with Gasteiger partial charge in [-0.2, -0.15) is 5.10 Å². The molecule has 4 aromatic rings. The van der Waals surface area contributed by atoms with Crippen molar-refractivity contribution >= 4 is 27.5 Å². The van der Waals surface area contributed by atoms with Gasteiger partial charge in [-0.1, -0.05) is 12.1 Å². The van der Waals surface area contributed by atoms with Crippen molar-refractivity contribution in [3.8, 4) is 5.69 Å². The minimum absolute atomic E-state index is 0.0243. The number of fused-ring (bicyclic) bond motifs is 1. The van der Waals surface area contributed by atoms with E-state index >= 15 is 0 Å². The number of benzene rings is 2. The van der Waals surface area contributed by atoms with Crippen LogP contribution in [0.1, 0.15) is 28.3 Å². The zero-order chi connectivity index (χ0) is 18.1. The average Bonchev–Trinajstić information content (AvgIpc) is 3.36. The van der Waals surface area contributed by atoms with Crippen LogP contribution in [0.3, 0.4) is 0 Å². The van der Waals surface area contributed by atoms with Crippen LogP contribution in [0, 0.1) is 0 Å². The first kappa shape index (κ1) is 16.5. The Kier molecular flexibility index (Phi) is 4.26. The number of para-hydroxylation sites is 1. The summed E-state index contributed by atoms with van der Waals surface area (Å²) in [4.78, 5) is 19.3. The Balaban J connectivity index is 1.55. The number of carbonyl (C=O) groups excluding carboxylic acids is 1. The highest BCUT2D eigenvalue weighted by Gasteiger charge is 2.21. The summed E-state index contributed by atoms with van der Waals surface area (Å²) in [5, 5.41) is 5.14. The smallest absolute Gasteiger partial charge is 0.254 e. The van der Waals surface area contributed by atoms with Gasteiger partial charge in [0.2, 0.25) is 0 Å². The van der Waals surface area contributed by atoms with E-state index in [2.05, 4.69) is 16.1 Å². The third-order valence-electron chi connectivity index (χ3n) is 4.45. The van der Waals surface area contributed by atoms with Gasteiger partial charge in [-0.15, -0.1) is 11.3 Å². The molecule has 5 nitrogen and oxygen atoms in total. The van der Waals surface area contributed by atoms with Crippen molar-refractivity contribution in [3.63, 3.8) is 0 Å². The Hall–Kier alpha value is -2.99. The molecule has 1 atom stereocenters. The molecule has 0 spiro atoms. The molecule has 0 N–H and O–H groups in total. The molecule has 4 rings (SSSR count). The summed E-state index contributed by atoms with van der Waals surface area (Å²) < 4.78 is 2.90. The second kappa shape index (κ2) is 6.72. The van der Waals surface area contributed by atoms with Crippen LogP contribution in [-0.2, 0) is 0 Å². The summed E-state index contributed by atoms with van der Waals surface area (Å²) >= 11 is 1.63. The first-order valence-electron chi connectivity index (χ1n) is 8.36. The van der Waals surface area contributed by atoms with Gasteiger partial charge in [0.05, 0.1) is 21.9 Å². The molecule has 0 saturated heterocycles. The van der Waals surface area contributed by atoms with Crippen LogP contribution >= 0.6 is 11.3 Å². The number of carbonyl (C=O) groups is 1. The second-order valence-corrected chi connectivity index (χ2v) is 7.17. The predicted octanol–water partition coefficient (Wildman–Crippen LogP) is 4.32. The van der Waals surface area contributed by atoms with Gasteiger partial charge in [0, 0.05) is 25.0 Å². The van der Waals surface area contributed by atoms with Crippen LogP contribution in [0.4, 0.5) is 0 Å². The Morgan fingerprint density at radius 1 is 1.12 bits per heavy atom. The minimum atomic E-state index is -0.0920. The summed E-state index contributed by atoms with van der Waals surface area (Å²) in [5.41, 5.74) is 2.55. The molecule has 2 aromatic heterocycles. The van der Waals surface area contributed by atoms with Crippen LogP contribution in [-0.4, -0.2) is 32.6 Å². The fourth-order valence-electron chi connectivity index (χ4n) is 2.79. The first-order valence-corrected chi connectivity index (χ1v) is 9.18. The lowest BCUT2D eigenvalue weighted by Crippen LogP contribution is -2.29. The SMILES string of the molecule is CC(c1nc2ccccc2s1)N(C)C(=O)c1ccc(-n2cccn2)cc1. The topological polar surface area (TPSA) is 51.0 Å². The van der Waals surface area contributed by atoms with Crippen LogP contribution in [0.25, 0.3) is 15.9 Å². The maximum atomic E-state index is 12.9. The Morgan fingerprint density at radius 3 is 2.58 bits per heavy atom. The molecule has 26 heavy (non-hydrogen) atoms. The summed E-state index contributed by atoms with van der Waals surface area (Å²) in [7, 11) is 1.82. The Bertz CT molecular complexity index is 1000. The minimum Gasteiger partial charge on any atom is -0.333 e. The van der Waals surface area contributed by atoms with E-state index in [9.17, 15) is 4.79 Å². The molecule has 0 aliphatic heterocycles. The molecule has 1 amide bonds. The van der Waals surface area contributed by atoms with Gasteiger partial charge >= 0.3 is 0 Å². The molecule has 0 bridgehead atoms. The molecule has 2 heterocycles. The standard InChI is InChI=1S/C20H18N4OS/c1-14(19-22-17-6-3-4-7-18(17)26-19)23(2)20(25)15-8-10-16(11-9-15)24-13-5-12-21-24/h3-14H,1-2H3. The number of rotatable bonds is 4. The number of amides is 1. The summed E-state index contributed by atoms with van der Waals surface area (Å²) in [6.07, 6.45) is 3.60. The van der Waals surface area contributed by atoms with E-state index in [0.717, 1.165) is 20.9 Å². The summed E-state index contributed by atoms with van der Waals surface area (Å²) in [5.74, 6) is -0.0243. The maximum absolute atomic E-state index is 12.9. The zero-order valence-electron chi connectivity index (χ0n) is 14.5. The van der Waals surface area contributed by atoms with Crippen LogP contribution in [0.5, 0.6) is 0 Å². The van der Waals surface area contributed by atoms with E-state index in [-0.39, 0.29) is 11.9 Å². The molecule has 0 radical (unpaired) electrons. The lowest BCUT2D eigenvalue weighted by atomic mass is 10.1. The number of nitrogens with zero attached hydrogens (tertiary/aromatic N) is 4. The van der Waals surface area contributed by atoms with Gasteiger partial charge in [0.25, 0.3) is 5.91 Å². The van der Waals surface area contributed by atoms with Crippen molar-refractivity contribution in [2.45, 2.75) is 13.0 Å². The largest absolute Gasteiger partial charge is 0.333 e. The van der Waals surface area contributed by atoms with Crippen LogP contribution in [0.2, 0.25) is 0 Å². The highest BCUT2D eigenvalue weighted by molar-refractivity contribution is 7.18. The van der Waals surface area contributed by atoms with E-state index in [1.807, 2.05) is 68.7 Å². The highest BCUT2D eigenvalue weighted by atomic mass is 32.1. The van der Waals surface area contributed by atoms with E-state index in [0.29, 0.717) is 5.56 Å². The molecular formula is C20H18N4OS. The van der Waals surface area contributed by atoms with Gasteiger partial charge < -0.3 is 4.90 Å². The Morgan fingerprint density at radius 2 is 1.88 bits per heavy atom. The molecule has 0 fully saturated rings. The van der Waals surface area contributed by atoms with Crippen molar-refractivity contribution in [2.24, 2.45) is 0 Å². The van der Waals surface area contributed by atoms with Crippen molar-refractivity contribution in [2.75, 3.05) is 7.05 Å². The van der Waals surface area contributed by atoms with Crippen LogP contribution in [0.15, 0.2) is 67.0 Å². The van der Waals surface area contributed by atoms with Gasteiger partial charge in [-0.25, -0.2) is 9.67 Å². The quantitative estimate of drug-likeness (QED) is 0.543. The van der Waals surface area contributed by atoms with Crippen molar-refractivity contribution in [1.82, 2.24) is 19.7 Å². The monoisotopic (exact) mass is 362 g/mol. The molecule has 130 valence electrons. The predicted molar refractivity (Wildman–Crippen MR) is 104 cm³/mol. The molecule has 2 aromatic carbocycles. The lowest BCUT2D eigenvalue weighted by molar-refractivity contribution is 0.0742. The van der Waals surface area contributed by atoms with Gasteiger partial charge in [-0.3, -0.25) is 4.79 Å². The Labute approximate surface area is 155 Å². The van der Waals surface area contributed by atoms with E-state index in [4.69, 9.17) is 0 Å².